The molecule has 1 fully saturated rings. The third-order valence-electron chi connectivity index (χ3n) is 3.83. The number of imidazole rings is 1. The van der Waals surface area contributed by atoms with Crippen LogP contribution in [0.25, 0.3) is 11.2 Å². The van der Waals surface area contributed by atoms with E-state index in [0.717, 1.165) is 0 Å². The zero-order valence-corrected chi connectivity index (χ0v) is 12.1. The number of nitrogen functional groups attached to an aromatic ring is 1. The highest BCUT2D eigenvalue weighted by molar-refractivity contribution is 5.67. The van der Waals surface area contributed by atoms with E-state index < -0.39 is 30.1 Å². The molecule has 0 spiro atoms. The van der Waals surface area contributed by atoms with E-state index in [0.29, 0.717) is 5.52 Å². The Balaban J connectivity index is 2.13. The van der Waals surface area contributed by atoms with Gasteiger partial charge in [-0.15, -0.1) is 0 Å². The molecule has 1 aliphatic rings. The lowest BCUT2D eigenvalue weighted by molar-refractivity contribution is -0.745. The molecule has 3 heterocycles. The molecule has 1 aliphatic heterocycles. The summed E-state index contributed by atoms with van der Waals surface area (Å²) in [6.45, 7) is -0.298. The van der Waals surface area contributed by atoms with Crippen molar-refractivity contribution >= 4 is 17.1 Å². The minimum absolute atomic E-state index is 0.0352. The number of aromatic nitrogens is 4. The highest BCUT2D eigenvalue weighted by Crippen LogP contribution is 2.28. The van der Waals surface area contributed by atoms with Crippen LogP contribution >= 0.6 is 0 Å². The Kier molecular flexibility index (Phi) is 3.60. The van der Waals surface area contributed by atoms with Gasteiger partial charge in [-0.1, -0.05) is 4.98 Å². The number of nitrogens with two attached hydrogens (primary N) is 1. The number of aliphatic hydroxyl groups is 2. The second-order valence-electron chi connectivity index (χ2n) is 5.20. The number of nitrogens with zero attached hydrogens (tertiary/aromatic N) is 3. The minimum atomic E-state index is -1.03. The average Bonchev–Trinajstić information content (AvgIpc) is 2.96. The summed E-state index contributed by atoms with van der Waals surface area (Å²) in [6, 6.07) is 0. The Bertz CT molecular complexity index is 756. The van der Waals surface area contributed by atoms with Crippen molar-refractivity contribution in [1.29, 1.82) is 0 Å². The van der Waals surface area contributed by atoms with Crippen molar-refractivity contribution in [3.05, 3.63) is 16.7 Å². The molecule has 0 unspecified atom stereocenters. The number of aliphatic hydroxyl groups excluding tert-OH is 2. The summed E-state index contributed by atoms with van der Waals surface area (Å²) in [4.78, 5) is 18.5. The van der Waals surface area contributed by atoms with Gasteiger partial charge in [-0.3, -0.25) is 14.3 Å². The van der Waals surface area contributed by atoms with Crippen LogP contribution in [0.3, 0.4) is 0 Å². The predicted molar refractivity (Wildman–Crippen MR) is 73.7 cm³/mol. The fourth-order valence-corrected chi connectivity index (χ4v) is 2.84. The molecule has 22 heavy (non-hydrogen) atoms. The van der Waals surface area contributed by atoms with Crippen LogP contribution in [0.2, 0.25) is 0 Å². The van der Waals surface area contributed by atoms with E-state index >= 15 is 0 Å². The molecule has 0 bridgehead atoms. The number of aromatic amines is 1. The summed E-state index contributed by atoms with van der Waals surface area (Å²) < 4.78 is 13.9. The molecule has 2 aromatic rings. The molecule has 0 amide bonds. The zero-order valence-electron chi connectivity index (χ0n) is 12.1. The quantitative estimate of drug-likeness (QED) is 0.455. The Hall–Kier alpha value is -2.01. The lowest BCUT2D eigenvalue weighted by atomic mass is 10.1. The summed E-state index contributed by atoms with van der Waals surface area (Å²) in [5.74, 6) is -0.0352. The van der Waals surface area contributed by atoms with Gasteiger partial charge in [0.25, 0.3) is 11.5 Å². The lowest BCUT2D eigenvalue weighted by Gasteiger charge is -2.15. The van der Waals surface area contributed by atoms with E-state index in [9.17, 15) is 15.0 Å². The zero-order chi connectivity index (χ0) is 16.0. The molecule has 0 saturated carbocycles. The van der Waals surface area contributed by atoms with Gasteiger partial charge in [0.1, 0.15) is 18.3 Å². The van der Waals surface area contributed by atoms with E-state index in [2.05, 4.69) is 9.97 Å². The third-order valence-corrected chi connectivity index (χ3v) is 3.83. The second kappa shape index (κ2) is 5.32. The Morgan fingerprint density at radius 2 is 2.36 bits per heavy atom. The van der Waals surface area contributed by atoms with Gasteiger partial charge >= 0.3 is 5.65 Å². The monoisotopic (exact) mass is 312 g/mol. The van der Waals surface area contributed by atoms with Crippen molar-refractivity contribution in [3.63, 3.8) is 0 Å². The van der Waals surface area contributed by atoms with Crippen molar-refractivity contribution in [2.75, 3.05) is 19.5 Å². The number of H-pyrrole nitrogens is 1. The van der Waals surface area contributed by atoms with Gasteiger partial charge in [0.15, 0.2) is 6.33 Å². The predicted octanol–water partition coefficient (Wildman–Crippen LogP) is -2.60. The summed E-state index contributed by atoms with van der Waals surface area (Å²) in [7, 11) is 3.10. The first-order valence-electron chi connectivity index (χ1n) is 6.71. The van der Waals surface area contributed by atoms with Crippen LogP contribution in [0.5, 0.6) is 0 Å². The van der Waals surface area contributed by atoms with Crippen LogP contribution in [0.15, 0.2) is 11.1 Å². The fourth-order valence-electron chi connectivity index (χ4n) is 2.84. The molecule has 1 saturated heterocycles. The molecule has 10 heteroatoms. The number of rotatable bonds is 3. The van der Waals surface area contributed by atoms with Gasteiger partial charge in [-0.2, -0.15) is 0 Å². The number of hydrogen-bond acceptors (Lipinski definition) is 7. The van der Waals surface area contributed by atoms with Gasteiger partial charge < -0.3 is 25.4 Å². The SMILES string of the molecule is CO[C@H]1[C@@H](O)[C@H]([n+]2cn(C)c3c(=O)[nH]c(N)nc32)O[C@@H]1CO. The number of anilines is 1. The maximum Gasteiger partial charge on any atom is 0.313 e. The molecule has 0 radical (unpaired) electrons. The number of methoxy groups -OCH3 is 1. The molecule has 3 rings (SSSR count). The number of ether oxygens (including phenoxy) is 2. The van der Waals surface area contributed by atoms with Crippen molar-refractivity contribution in [2.24, 2.45) is 7.05 Å². The van der Waals surface area contributed by atoms with E-state index in [1.54, 1.807) is 17.9 Å². The maximum atomic E-state index is 12.0. The number of hydrogen-bond donors (Lipinski definition) is 4. The lowest BCUT2D eigenvalue weighted by Crippen LogP contribution is -2.46. The Morgan fingerprint density at radius 3 is 2.95 bits per heavy atom. The van der Waals surface area contributed by atoms with Crippen molar-refractivity contribution in [3.8, 4) is 0 Å². The van der Waals surface area contributed by atoms with E-state index in [-0.39, 0.29) is 18.2 Å². The minimum Gasteiger partial charge on any atom is -0.394 e. The smallest absolute Gasteiger partial charge is 0.313 e. The van der Waals surface area contributed by atoms with Crippen LogP contribution in [0.4, 0.5) is 5.95 Å². The third kappa shape index (κ3) is 2.08. The molecule has 0 aliphatic carbocycles. The summed E-state index contributed by atoms with van der Waals surface area (Å²) in [5, 5.41) is 19.7. The summed E-state index contributed by atoms with van der Waals surface area (Å²) in [6.07, 6.45) is -1.66. The van der Waals surface area contributed by atoms with E-state index in [1.165, 1.54) is 11.7 Å². The molecular formula is C12H18N5O5+. The van der Waals surface area contributed by atoms with Crippen LogP contribution in [0, 0.1) is 0 Å². The molecule has 120 valence electrons. The van der Waals surface area contributed by atoms with Crippen LogP contribution in [-0.4, -0.2) is 56.8 Å². The Morgan fingerprint density at radius 1 is 1.64 bits per heavy atom. The molecule has 10 nitrogen and oxygen atoms in total. The normalized spacial score (nSPS) is 28.5. The highest BCUT2D eigenvalue weighted by Gasteiger charge is 2.47. The van der Waals surface area contributed by atoms with Crippen LogP contribution in [0.1, 0.15) is 6.23 Å². The van der Waals surface area contributed by atoms with Crippen molar-refractivity contribution in [2.45, 2.75) is 24.5 Å². The summed E-state index contributed by atoms with van der Waals surface area (Å²) in [5.41, 5.74) is 5.77. The van der Waals surface area contributed by atoms with Gasteiger partial charge in [0.2, 0.25) is 11.7 Å². The standard InChI is InChI=1S/C12H17N5O5/c1-16-4-17(9-6(16)10(20)15-12(13)14-9)11-7(19)8(21-2)5(3-18)22-11/h4-5,7-8,11,18-19H,3H2,1-2H3,(H2-,13,14,15,20)/p+1/t5-,7-,8-,11-/m1/s1. The second-order valence-corrected chi connectivity index (χ2v) is 5.20. The first kappa shape index (κ1) is 14.9. The molecule has 5 N–H and O–H groups in total. The first-order valence-corrected chi connectivity index (χ1v) is 6.71. The van der Waals surface area contributed by atoms with E-state index in [1.807, 2.05) is 0 Å². The first-order chi connectivity index (χ1) is 10.5. The average molecular weight is 312 g/mol. The largest absolute Gasteiger partial charge is 0.394 e. The Labute approximate surface area is 124 Å². The molecule has 4 atom stereocenters. The molecular weight excluding hydrogens is 294 g/mol. The van der Waals surface area contributed by atoms with Crippen LogP contribution < -0.4 is 15.9 Å². The maximum absolute atomic E-state index is 12.0. The van der Waals surface area contributed by atoms with Gasteiger partial charge in [-0.25, -0.2) is 4.57 Å². The van der Waals surface area contributed by atoms with Crippen molar-refractivity contribution in [1.82, 2.24) is 14.5 Å². The summed E-state index contributed by atoms with van der Waals surface area (Å²) >= 11 is 0. The van der Waals surface area contributed by atoms with Crippen LogP contribution in [-0.2, 0) is 16.5 Å². The van der Waals surface area contributed by atoms with Crippen molar-refractivity contribution < 1.29 is 24.3 Å². The van der Waals surface area contributed by atoms with Gasteiger partial charge in [0, 0.05) is 7.11 Å². The van der Waals surface area contributed by atoms with E-state index in [4.69, 9.17) is 15.2 Å². The number of nitrogens with one attached hydrogen (secondary N) is 1. The number of aryl methyl sites for hydroxylation is 1. The topological polar surface area (TPSA) is 140 Å². The highest BCUT2D eigenvalue weighted by atomic mass is 16.6. The molecule has 0 aromatic carbocycles. The fraction of sp³-hybridized carbons (Fsp3) is 0.583. The molecule has 2 aromatic heterocycles. The van der Waals surface area contributed by atoms with Gasteiger partial charge in [0.05, 0.1) is 13.7 Å². The van der Waals surface area contributed by atoms with Gasteiger partial charge in [-0.05, 0) is 0 Å². The number of fused-ring (bicyclic) bond motifs is 1.